The molecule has 6 nitrogen and oxygen atoms in total. The van der Waals surface area contributed by atoms with E-state index in [2.05, 4.69) is 10.1 Å². The molecular weight excluding hydrogens is 340 g/mol. The molecule has 0 atom stereocenters. The molecule has 1 amide bonds. The van der Waals surface area contributed by atoms with Crippen molar-refractivity contribution in [3.05, 3.63) is 70.1 Å². The molecule has 6 heteroatoms. The number of para-hydroxylation sites is 1. The normalized spacial score (nSPS) is 11.2. The van der Waals surface area contributed by atoms with E-state index in [9.17, 15) is 9.59 Å². The number of hydrogen-bond acceptors (Lipinski definition) is 3. The minimum absolute atomic E-state index is 0.117. The van der Waals surface area contributed by atoms with Crippen LogP contribution in [0.2, 0.25) is 0 Å². The molecule has 4 rings (SSSR count). The van der Waals surface area contributed by atoms with Crippen molar-refractivity contribution in [1.82, 2.24) is 14.8 Å². The zero-order valence-corrected chi connectivity index (χ0v) is 15.5. The summed E-state index contributed by atoms with van der Waals surface area (Å²) in [5.74, 6) is -0.200. The van der Waals surface area contributed by atoms with Crippen molar-refractivity contribution in [2.24, 2.45) is 0 Å². The van der Waals surface area contributed by atoms with Gasteiger partial charge in [-0.2, -0.15) is 5.10 Å². The minimum Gasteiger partial charge on any atom is -0.350 e. The highest BCUT2D eigenvalue weighted by molar-refractivity contribution is 6.06. The van der Waals surface area contributed by atoms with Crippen molar-refractivity contribution in [2.45, 2.75) is 20.4 Å². The fourth-order valence-corrected chi connectivity index (χ4v) is 3.34. The van der Waals surface area contributed by atoms with Crippen LogP contribution in [0.1, 0.15) is 11.1 Å². The molecule has 2 heterocycles. The standard InChI is InChI=1S/C21H20N4O2/c1-13-8-9-14(2)18(10-13)24(3)19(26)12-25-21(27)20-16(11-22-25)15-6-4-5-7-17(15)23-20/h4-11,23H,12H2,1-3H3. The van der Waals surface area contributed by atoms with E-state index in [0.717, 1.165) is 33.1 Å². The Morgan fingerprint density at radius 1 is 1.15 bits per heavy atom. The number of aryl methyl sites for hydroxylation is 2. The smallest absolute Gasteiger partial charge is 0.291 e. The maximum Gasteiger partial charge on any atom is 0.291 e. The number of aromatic amines is 1. The number of rotatable bonds is 3. The van der Waals surface area contributed by atoms with Crippen LogP contribution < -0.4 is 10.5 Å². The average molecular weight is 360 g/mol. The van der Waals surface area contributed by atoms with Crippen LogP contribution in [0, 0.1) is 13.8 Å². The van der Waals surface area contributed by atoms with Crippen molar-refractivity contribution >= 4 is 33.4 Å². The summed E-state index contributed by atoms with van der Waals surface area (Å²) in [5.41, 5.74) is 3.95. The van der Waals surface area contributed by atoms with Crippen LogP contribution in [-0.2, 0) is 11.3 Å². The first-order valence-electron chi connectivity index (χ1n) is 8.76. The summed E-state index contributed by atoms with van der Waals surface area (Å²) in [7, 11) is 1.72. The monoisotopic (exact) mass is 360 g/mol. The van der Waals surface area contributed by atoms with Crippen molar-refractivity contribution in [1.29, 1.82) is 0 Å². The van der Waals surface area contributed by atoms with Gasteiger partial charge in [0, 0.05) is 29.0 Å². The van der Waals surface area contributed by atoms with E-state index in [1.807, 2.05) is 56.3 Å². The van der Waals surface area contributed by atoms with Crippen molar-refractivity contribution in [2.75, 3.05) is 11.9 Å². The molecular formula is C21H20N4O2. The first-order chi connectivity index (χ1) is 13.0. The second-order valence-corrected chi connectivity index (χ2v) is 6.81. The van der Waals surface area contributed by atoms with Crippen LogP contribution in [-0.4, -0.2) is 27.7 Å². The van der Waals surface area contributed by atoms with E-state index in [-0.39, 0.29) is 18.0 Å². The number of carbonyl (C=O) groups excluding carboxylic acids is 1. The van der Waals surface area contributed by atoms with Gasteiger partial charge in [0.1, 0.15) is 12.1 Å². The first-order valence-corrected chi connectivity index (χ1v) is 8.76. The topological polar surface area (TPSA) is 71.0 Å². The fraction of sp³-hybridized carbons (Fsp3) is 0.190. The molecule has 4 aromatic rings. The Morgan fingerprint density at radius 2 is 1.93 bits per heavy atom. The molecule has 0 aliphatic rings. The van der Waals surface area contributed by atoms with Crippen LogP contribution in [0.4, 0.5) is 5.69 Å². The number of anilines is 1. The van der Waals surface area contributed by atoms with E-state index in [0.29, 0.717) is 5.52 Å². The third kappa shape index (κ3) is 2.89. The number of H-pyrrole nitrogens is 1. The molecule has 0 saturated heterocycles. The quantitative estimate of drug-likeness (QED) is 0.610. The molecule has 2 aromatic heterocycles. The number of nitrogens with zero attached hydrogens (tertiary/aromatic N) is 3. The molecule has 136 valence electrons. The maximum atomic E-state index is 12.8. The highest BCUT2D eigenvalue weighted by Crippen LogP contribution is 2.22. The highest BCUT2D eigenvalue weighted by Gasteiger charge is 2.17. The van der Waals surface area contributed by atoms with Crippen molar-refractivity contribution in [3.63, 3.8) is 0 Å². The van der Waals surface area contributed by atoms with E-state index in [1.165, 1.54) is 4.68 Å². The van der Waals surface area contributed by atoms with Gasteiger partial charge in [-0.1, -0.05) is 30.3 Å². The average Bonchev–Trinajstić information content (AvgIpc) is 3.05. The third-order valence-electron chi connectivity index (χ3n) is 4.91. The Morgan fingerprint density at radius 3 is 2.74 bits per heavy atom. The van der Waals surface area contributed by atoms with E-state index < -0.39 is 0 Å². The zero-order chi connectivity index (χ0) is 19.1. The predicted octanol–water partition coefficient (Wildman–Crippen LogP) is 3.16. The van der Waals surface area contributed by atoms with Gasteiger partial charge in [0.05, 0.1) is 6.20 Å². The number of hydrogen-bond donors (Lipinski definition) is 1. The number of benzene rings is 2. The van der Waals surface area contributed by atoms with Crippen molar-refractivity contribution < 1.29 is 4.79 Å². The predicted molar refractivity (Wildman–Crippen MR) is 107 cm³/mol. The summed E-state index contributed by atoms with van der Waals surface area (Å²) in [5, 5.41) is 5.93. The van der Waals surface area contributed by atoms with Gasteiger partial charge in [-0.3, -0.25) is 9.59 Å². The third-order valence-corrected chi connectivity index (χ3v) is 4.91. The lowest BCUT2D eigenvalue weighted by atomic mass is 10.1. The second-order valence-electron chi connectivity index (χ2n) is 6.81. The van der Waals surface area contributed by atoms with Gasteiger partial charge in [0.2, 0.25) is 5.91 Å². The Kier molecular flexibility index (Phi) is 4.03. The summed E-state index contributed by atoms with van der Waals surface area (Å²) in [6, 6.07) is 13.6. The number of fused-ring (bicyclic) bond motifs is 3. The molecule has 27 heavy (non-hydrogen) atoms. The van der Waals surface area contributed by atoms with Crippen LogP contribution in [0.15, 0.2) is 53.5 Å². The summed E-state index contributed by atoms with van der Waals surface area (Å²) in [6.45, 7) is 3.82. The van der Waals surface area contributed by atoms with E-state index in [4.69, 9.17) is 0 Å². The molecule has 0 aliphatic carbocycles. The number of nitrogens with one attached hydrogen (secondary N) is 1. The van der Waals surface area contributed by atoms with Gasteiger partial charge in [-0.05, 0) is 37.1 Å². The lowest BCUT2D eigenvalue weighted by molar-refractivity contribution is -0.119. The van der Waals surface area contributed by atoms with Gasteiger partial charge >= 0.3 is 0 Å². The SMILES string of the molecule is Cc1ccc(C)c(N(C)C(=O)Cn2ncc3c([nH]c4ccccc43)c2=O)c1. The molecule has 0 radical (unpaired) electrons. The number of carbonyl (C=O) groups is 1. The number of likely N-dealkylation sites (N-methyl/N-ethyl adjacent to an activating group) is 1. The lowest BCUT2D eigenvalue weighted by Crippen LogP contribution is -2.35. The lowest BCUT2D eigenvalue weighted by Gasteiger charge is -2.20. The van der Waals surface area contributed by atoms with Gasteiger partial charge in [0.25, 0.3) is 5.56 Å². The van der Waals surface area contributed by atoms with E-state index >= 15 is 0 Å². The maximum absolute atomic E-state index is 12.8. The largest absolute Gasteiger partial charge is 0.350 e. The van der Waals surface area contributed by atoms with Crippen LogP contribution >= 0.6 is 0 Å². The fourth-order valence-electron chi connectivity index (χ4n) is 3.34. The van der Waals surface area contributed by atoms with Crippen molar-refractivity contribution in [3.8, 4) is 0 Å². The van der Waals surface area contributed by atoms with Crippen LogP contribution in [0.5, 0.6) is 0 Å². The number of aromatic nitrogens is 3. The Bertz CT molecular complexity index is 1240. The first kappa shape index (κ1) is 17.0. The zero-order valence-electron chi connectivity index (χ0n) is 15.5. The summed E-state index contributed by atoms with van der Waals surface area (Å²) in [6.07, 6.45) is 1.64. The minimum atomic E-state index is -0.300. The molecule has 1 N–H and O–H groups in total. The second kappa shape index (κ2) is 6.39. The molecule has 0 fully saturated rings. The Balaban J connectivity index is 1.69. The highest BCUT2D eigenvalue weighted by atomic mass is 16.2. The van der Waals surface area contributed by atoms with Gasteiger partial charge in [-0.25, -0.2) is 4.68 Å². The van der Waals surface area contributed by atoms with Crippen LogP contribution in [0.25, 0.3) is 21.8 Å². The van der Waals surface area contributed by atoms with Gasteiger partial charge in [0.15, 0.2) is 0 Å². The van der Waals surface area contributed by atoms with E-state index in [1.54, 1.807) is 18.1 Å². The number of amides is 1. The van der Waals surface area contributed by atoms with Crippen LogP contribution in [0.3, 0.4) is 0 Å². The molecule has 0 spiro atoms. The summed E-state index contributed by atoms with van der Waals surface area (Å²) < 4.78 is 1.21. The Hall–Kier alpha value is -3.41. The van der Waals surface area contributed by atoms with Gasteiger partial charge < -0.3 is 9.88 Å². The molecule has 0 unspecified atom stereocenters. The molecule has 0 bridgehead atoms. The molecule has 0 saturated carbocycles. The Labute approximate surface area is 156 Å². The molecule has 2 aromatic carbocycles. The summed E-state index contributed by atoms with van der Waals surface area (Å²) >= 11 is 0. The summed E-state index contributed by atoms with van der Waals surface area (Å²) in [4.78, 5) is 30.3. The van der Waals surface area contributed by atoms with Gasteiger partial charge in [-0.15, -0.1) is 0 Å². The molecule has 0 aliphatic heterocycles.